The van der Waals surface area contributed by atoms with Crippen LogP contribution in [0, 0.1) is 0 Å². The van der Waals surface area contributed by atoms with E-state index in [0.717, 1.165) is 31.3 Å². The van der Waals surface area contributed by atoms with Crippen LogP contribution >= 0.6 is 0 Å². The number of carbonyl (C=O) groups is 1. The molecule has 1 atom stereocenters. The van der Waals surface area contributed by atoms with E-state index in [0.29, 0.717) is 0 Å². The number of hydrogen-bond acceptors (Lipinski definition) is 2. The van der Waals surface area contributed by atoms with Crippen LogP contribution in [0.25, 0.3) is 0 Å². The van der Waals surface area contributed by atoms with Gasteiger partial charge in [-0.3, -0.25) is 0 Å². The second-order valence-electron chi connectivity index (χ2n) is 5.09. The minimum atomic E-state index is -0.136. The SMILES string of the molecule is CC1=C2C/C=C(/C)CC/C=C(/C)C[C@@H]2OC1=O. The molecule has 0 aromatic heterocycles. The van der Waals surface area contributed by atoms with Crippen LogP contribution < -0.4 is 0 Å². The molecule has 0 aromatic carbocycles. The molecule has 0 saturated carbocycles. The van der Waals surface area contributed by atoms with Gasteiger partial charge in [0.1, 0.15) is 6.10 Å². The summed E-state index contributed by atoms with van der Waals surface area (Å²) in [6.45, 7) is 6.17. The molecule has 0 unspecified atom stereocenters. The van der Waals surface area contributed by atoms with Crippen LogP contribution in [0.15, 0.2) is 34.4 Å². The van der Waals surface area contributed by atoms with E-state index in [9.17, 15) is 4.79 Å². The summed E-state index contributed by atoms with van der Waals surface area (Å²) in [5.74, 6) is -0.136. The first kappa shape index (κ1) is 12.2. The van der Waals surface area contributed by atoms with E-state index in [1.807, 2.05) is 6.92 Å². The van der Waals surface area contributed by atoms with E-state index in [1.54, 1.807) is 0 Å². The molecule has 2 aliphatic rings. The zero-order valence-corrected chi connectivity index (χ0v) is 10.9. The lowest BCUT2D eigenvalue weighted by Gasteiger charge is -2.15. The summed E-state index contributed by atoms with van der Waals surface area (Å²) >= 11 is 0. The molecule has 0 amide bonds. The average Bonchev–Trinajstić information content (AvgIpc) is 2.52. The molecule has 0 fully saturated rings. The van der Waals surface area contributed by atoms with Crippen molar-refractivity contribution in [2.24, 2.45) is 0 Å². The first-order valence-corrected chi connectivity index (χ1v) is 6.30. The monoisotopic (exact) mass is 232 g/mol. The van der Waals surface area contributed by atoms with Gasteiger partial charge >= 0.3 is 5.97 Å². The molecule has 17 heavy (non-hydrogen) atoms. The van der Waals surface area contributed by atoms with Crippen molar-refractivity contribution in [2.45, 2.75) is 52.6 Å². The summed E-state index contributed by atoms with van der Waals surface area (Å²) in [5.41, 5.74) is 4.70. The van der Waals surface area contributed by atoms with E-state index in [1.165, 1.54) is 16.7 Å². The lowest BCUT2D eigenvalue weighted by atomic mass is 9.94. The number of allylic oxidation sites excluding steroid dienone is 3. The molecule has 2 nitrogen and oxygen atoms in total. The Balaban J connectivity index is 2.30. The summed E-state index contributed by atoms with van der Waals surface area (Å²) in [4.78, 5) is 11.6. The first-order valence-electron chi connectivity index (χ1n) is 6.30. The van der Waals surface area contributed by atoms with Crippen molar-refractivity contribution < 1.29 is 9.53 Å². The quantitative estimate of drug-likeness (QED) is 0.470. The summed E-state index contributed by atoms with van der Waals surface area (Å²) in [7, 11) is 0. The molecule has 0 aromatic rings. The second-order valence-corrected chi connectivity index (χ2v) is 5.09. The summed E-state index contributed by atoms with van der Waals surface area (Å²) in [6.07, 6.45) is 8.40. The maximum absolute atomic E-state index is 11.6. The normalized spacial score (nSPS) is 32.2. The van der Waals surface area contributed by atoms with Crippen molar-refractivity contribution in [3.63, 3.8) is 0 Å². The van der Waals surface area contributed by atoms with Gasteiger partial charge in [0.2, 0.25) is 0 Å². The minimum Gasteiger partial charge on any atom is -0.454 e. The van der Waals surface area contributed by atoms with Crippen LogP contribution in [0.2, 0.25) is 0 Å². The third-order valence-electron chi connectivity index (χ3n) is 3.64. The van der Waals surface area contributed by atoms with Crippen LogP contribution in [0.4, 0.5) is 0 Å². The van der Waals surface area contributed by atoms with Crippen molar-refractivity contribution in [3.8, 4) is 0 Å². The predicted octanol–water partition coefficient (Wildman–Crippen LogP) is 3.69. The van der Waals surface area contributed by atoms with Gasteiger partial charge in [-0.05, 0) is 45.6 Å². The molecule has 1 heterocycles. The average molecular weight is 232 g/mol. The van der Waals surface area contributed by atoms with Gasteiger partial charge in [-0.2, -0.15) is 0 Å². The topological polar surface area (TPSA) is 26.3 Å². The van der Waals surface area contributed by atoms with E-state index in [-0.39, 0.29) is 12.1 Å². The van der Waals surface area contributed by atoms with Crippen molar-refractivity contribution >= 4 is 5.97 Å². The van der Waals surface area contributed by atoms with E-state index < -0.39 is 0 Å². The maximum atomic E-state index is 11.6. The highest BCUT2D eigenvalue weighted by Gasteiger charge is 2.30. The Kier molecular flexibility index (Phi) is 3.51. The van der Waals surface area contributed by atoms with E-state index >= 15 is 0 Å². The molecule has 2 heteroatoms. The summed E-state index contributed by atoms with van der Waals surface area (Å²) in [6, 6.07) is 0. The van der Waals surface area contributed by atoms with Gasteiger partial charge in [-0.15, -0.1) is 0 Å². The Morgan fingerprint density at radius 1 is 1.18 bits per heavy atom. The number of ether oxygens (including phenoxy) is 1. The van der Waals surface area contributed by atoms with Crippen molar-refractivity contribution in [2.75, 3.05) is 0 Å². The van der Waals surface area contributed by atoms with Crippen molar-refractivity contribution in [1.82, 2.24) is 0 Å². The fourth-order valence-electron chi connectivity index (χ4n) is 2.42. The third kappa shape index (κ3) is 2.68. The minimum absolute atomic E-state index is 0.0269. The number of esters is 1. The highest BCUT2D eigenvalue weighted by molar-refractivity contribution is 5.91. The van der Waals surface area contributed by atoms with Gasteiger partial charge in [0, 0.05) is 12.0 Å². The summed E-state index contributed by atoms with van der Waals surface area (Å²) in [5, 5.41) is 0. The van der Waals surface area contributed by atoms with Crippen LogP contribution in [0.5, 0.6) is 0 Å². The second kappa shape index (κ2) is 4.91. The molecular weight excluding hydrogens is 212 g/mol. The lowest BCUT2D eigenvalue weighted by Crippen LogP contribution is -2.12. The Labute approximate surface area is 103 Å². The predicted molar refractivity (Wildman–Crippen MR) is 68.6 cm³/mol. The van der Waals surface area contributed by atoms with Gasteiger partial charge in [-0.25, -0.2) is 4.79 Å². The smallest absolute Gasteiger partial charge is 0.334 e. The molecule has 1 aliphatic carbocycles. The Morgan fingerprint density at radius 3 is 2.71 bits per heavy atom. The molecule has 2 rings (SSSR count). The molecular formula is C15H20O2. The largest absolute Gasteiger partial charge is 0.454 e. The van der Waals surface area contributed by atoms with Gasteiger partial charge in [-0.1, -0.05) is 23.3 Å². The maximum Gasteiger partial charge on any atom is 0.334 e. The fraction of sp³-hybridized carbons (Fsp3) is 0.533. The highest BCUT2D eigenvalue weighted by atomic mass is 16.5. The van der Waals surface area contributed by atoms with Crippen LogP contribution in [0.3, 0.4) is 0 Å². The first-order chi connectivity index (χ1) is 8.08. The zero-order chi connectivity index (χ0) is 12.4. The third-order valence-corrected chi connectivity index (χ3v) is 3.64. The Hall–Kier alpha value is -1.31. The fourth-order valence-corrected chi connectivity index (χ4v) is 2.42. The van der Waals surface area contributed by atoms with Crippen molar-refractivity contribution in [1.29, 1.82) is 0 Å². The molecule has 0 spiro atoms. The summed E-state index contributed by atoms with van der Waals surface area (Å²) < 4.78 is 5.43. The number of fused-ring (bicyclic) bond motifs is 1. The molecule has 92 valence electrons. The number of hydrogen-bond donors (Lipinski definition) is 0. The zero-order valence-electron chi connectivity index (χ0n) is 10.9. The Morgan fingerprint density at radius 2 is 1.94 bits per heavy atom. The lowest BCUT2D eigenvalue weighted by molar-refractivity contribution is -0.139. The van der Waals surface area contributed by atoms with Crippen LogP contribution in [0.1, 0.15) is 46.5 Å². The Bertz CT molecular complexity index is 424. The standard InChI is InChI=1S/C15H20O2/c1-10-5-4-6-11(2)9-14-13(8-7-10)12(3)15(16)17-14/h6-7,14H,4-5,8-9H2,1-3H3/b10-7-,11-6-/t14-/m0/s1. The molecule has 0 N–H and O–H groups in total. The molecule has 0 saturated heterocycles. The number of carbonyl (C=O) groups excluding carboxylic acids is 1. The van der Waals surface area contributed by atoms with Gasteiger partial charge in [0.25, 0.3) is 0 Å². The molecule has 0 radical (unpaired) electrons. The van der Waals surface area contributed by atoms with Crippen LogP contribution in [-0.4, -0.2) is 12.1 Å². The molecule has 1 aliphatic heterocycles. The number of rotatable bonds is 0. The van der Waals surface area contributed by atoms with E-state index in [4.69, 9.17) is 4.74 Å². The van der Waals surface area contributed by atoms with Crippen LogP contribution in [-0.2, 0) is 9.53 Å². The molecule has 0 bridgehead atoms. The van der Waals surface area contributed by atoms with Gasteiger partial charge in [0.05, 0.1) is 0 Å². The van der Waals surface area contributed by atoms with E-state index in [2.05, 4.69) is 26.0 Å². The highest BCUT2D eigenvalue weighted by Crippen LogP contribution is 2.31. The van der Waals surface area contributed by atoms with Crippen molar-refractivity contribution in [3.05, 3.63) is 34.4 Å². The van der Waals surface area contributed by atoms with Gasteiger partial charge < -0.3 is 4.74 Å². The van der Waals surface area contributed by atoms with Gasteiger partial charge in [0.15, 0.2) is 0 Å².